The molecular weight excluding hydrogens is 264 g/mol. The van der Waals surface area contributed by atoms with Crippen LogP contribution in [0.4, 0.5) is 0 Å². The summed E-state index contributed by atoms with van der Waals surface area (Å²) in [5.74, 6) is 0. The molecule has 3 heteroatoms. The van der Waals surface area contributed by atoms with Gasteiger partial charge in [0.2, 0.25) is 0 Å². The molecule has 0 fully saturated rings. The van der Waals surface area contributed by atoms with Crippen LogP contribution in [0.3, 0.4) is 0 Å². The van der Waals surface area contributed by atoms with Crippen LogP contribution in [-0.2, 0) is 0 Å². The highest BCUT2D eigenvalue weighted by Crippen LogP contribution is 2.27. The average Bonchev–Trinajstić information content (AvgIpc) is 2.38. The Kier molecular flexibility index (Phi) is 11.4. The van der Waals surface area contributed by atoms with E-state index < -0.39 is 11.2 Å². The summed E-state index contributed by atoms with van der Waals surface area (Å²) in [6, 6.07) is 0. The second-order valence-electron chi connectivity index (χ2n) is 7.20. The molecule has 0 aromatic heterocycles. The van der Waals surface area contributed by atoms with E-state index in [1.54, 1.807) is 20.8 Å². The van der Waals surface area contributed by atoms with Crippen LogP contribution in [0.1, 0.15) is 97.8 Å². The second kappa shape index (κ2) is 11.4. The molecule has 0 spiro atoms. The summed E-state index contributed by atoms with van der Waals surface area (Å²) >= 11 is 0. The smallest absolute Gasteiger partial charge is 0.0900 e. The summed E-state index contributed by atoms with van der Waals surface area (Å²) in [7, 11) is 0. The van der Waals surface area contributed by atoms with Gasteiger partial charge in [0, 0.05) is 6.61 Å². The molecule has 1 atom stereocenters. The van der Waals surface area contributed by atoms with Crippen molar-refractivity contribution in [2.75, 3.05) is 6.61 Å². The quantitative estimate of drug-likeness (QED) is 0.422. The summed E-state index contributed by atoms with van der Waals surface area (Å²) < 4.78 is 0. The highest BCUT2D eigenvalue weighted by atomic mass is 16.3. The highest BCUT2D eigenvalue weighted by Gasteiger charge is 2.36. The van der Waals surface area contributed by atoms with E-state index in [1.165, 1.54) is 44.9 Å². The van der Waals surface area contributed by atoms with Gasteiger partial charge in [-0.25, -0.2) is 0 Å². The first-order valence-electron chi connectivity index (χ1n) is 8.87. The maximum Gasteiger partial charge on any atom is 0.0900 e. The van der Waals surface area contributed by atoms with E-state index >= 15 is 0 Å². The van der Waals surface area contributed by atoms with Crippen LogP contribution in [0.5, 0.6) is 0 Å². The minimum atomic E-state index is -1.02. The number of rotatable bonds is 14. The number of aliphatic hydroxyl groups is 3. The van der Waals surface area contributed by atoms with Gasteiger partial charge in [0.25, 0.3) is 0 Å². The Morgan fingerprint density at radius 2 is 0.905 bits per heavy atom. The highest BCUT2D eigenvalue weighted by molar-refractivity contribution is 4.89. The number of aliphatic hydroxyl groups excluding tert-OH is 1. The van der Waals surface area contributed by atoms with Gasteiger partial charge in [0.15, 0.2) is 0 Å². The van der Waals surface area contributed by atoms with Crippen molar-refractivity contribution in [2.24, 2.45) is 0 Å². The SMILES string of the molecule is CC(C)(O)C(C)(O)CCCCCCCCCCCCCO. The first kappa shape index (κ1) is 20.9. The Bertz CT molecular complexity index is 231. The Balaban J connectivity index is 3.30. The van der Waals surface area contributed by atoms with Crippen LogP contribution in [-0.4, -0.2) is 33.1 Å². The molecule has 21 heavy (non-hydrogen) atoms. The molecule has 0 aromatic carbocycles. The minimum Gasteiger partial charge on any atom is -0.396 e. The zero-order valence-corrected chi connectivity index (χ0v) is 14.5. The predicted molar refractivity (Wildman–Crippen MR) is 89.4 cm³/mol. The molecule has 1 unspecified atom stereocenters. The van der Waals surface area contributed by atoms with Gasteiger partial charge in [-0.2, -0.15) is 0 Å². The third kappa shape index (κ3) is 11.1. The van der Waals surface area contributed by atoms with Crippen molar-refractivity contribution in [1.29, 1.82) is 0 Å². The van der Waals surface area contributed by atoms with Gasteiger partial charge in [-0.3, -0.25) is 0 Å². The molecular formula is C18H38O3. The molecule has 3 nitrogen and oxygen atoms in total. The molecule has 128 valence electrons. The molecule has 0 saturated heterocycles. The predicted octanol–water partition coefficient (Wildman–Crippen LogP) is 4.18. The van der Waals surface area contributed by atoms with E-state index in [4.69, 9.17) is 5.11 Å². The summed E-state index contributed by atoms with van der Waals surface area (Å²) in [5.41, 5.74) is -2.01. The van der Waals surface area contributed by atoms with Crippen molar-refractivity contribution >= 4 is 0 Å². The van der Waals surface area contributed by atoms with Crippen LogP contribution < -0.4 is 0 Å². The molecule has 0 rings (SSSR count). The summed E-state index contributed by atoms with van der Waals surface area (Å²) in [4.78, 5) is 0. The van der Waals surface area contributed by atoms with Crippen molar-refractivity contribution in [1.82, 2.24) is 0 Å². The van der Waals surface area contributed by atoms with Crippen LogP contribution in [0, 0.1) is 0 Å². The van der Waals surface area contributed by atoms with Gasteiger partial charge in [-0.05, 0) is 33.6 Å². The van der Waals surface area contributed by atoms with E-state index in [2.05, 4.69) is 0 Å². The van der Waals surface area contributed by atoms with Crippen LogP contribution in [0.15, 0.2) is 0 Å². The molecule has 0 aliphatic rings. The molecule has 0 aliphatic heterocycles. The maximum atomic E-state index is 10.1. The Labute approximate surface area is 131 Å². The van der Waals surface area contributed by atoms with E-state index in [1.807, 2.05) is 0 Å². The van der Waals surface area contributed by atoms with Gasteiger partial charge in [-0.15, -0.1) is 0 Å². The van der Waals surface area contributed by atoms with E-state index in [0.717, 1.165) is 25.7 Å². The monoisotopic (exact) mass is 302 g/mol. The summed E-state index contributed by atoms with van der Waals surface area (Å²) in [6.45, 7) is 5.41. The number of unbranched alkanes of at least 4 members (excludes halogenated alkanes) is 10. The van der Waals surface area contributed by atoms with E-state index in [-0.39, 0.29) is 0 Å². The Morgan fingerprint density at radius 3 is 1.24 bits per heavy atom. The lowest BCUT2D eigenvalue weighted by Crippen LogP contribution is -2.47. The maximum absolute atomic E-state index is 10.1. The third-order valence-corrected chi connectivity index (χ3v) is 4.64. The Hall–Kier alpha value is -0.120. The average molecular weight is 302 g/mol. The first-order chi connectivity index (χ1) is 9.81. The standard InChI is InChI=1S/C18H38O3/c1-17(2,20)18(3,21)15-13-11-9-7-5-4-6-8-10-12-14-16-19/h19-21H,4-16H2,1-3H3. The van der Waals surface area contributed by atoms with Crippen molar-refractivity contribution in [3.8, 4) is 0 Å². The lowest BCUT2D eigenvalue weighted by Gasteiger charge is -2.35. The van der Waals surface area contributed by atoms with Gasteiger partial charge >= 0.3 is 0 Å². The fraction of sp³-hybridized carbons (Fsp3) is 1.00. The molecule has 0 aromatic rings. The summed E-state index contributed by atoms with van der Waals surface area (Å²) in [6.07, 6.45) is 13.9. The first-order valence-corrected chi connectivity index (χ1v) is 8.87. The normalized spacial score (nSPS) is 15.1. The van der Waals surface area contributed by atoms with Crippen molar-refractivity contribution in [3.63, 3.8) is 0 Å². The lowest BCUT2D eigenvalue weighted by atomic mass is 9.83. The zero-order valence-electron chi connectivity index (χ0n) is 14.5. The van der Waals surface area contributed by atoms with Crippen molar-refractivity contribution in [2.45, 2.75) is 109 Å². The fourth-order valence-corrected chi connectivity index (χ4v) is 2.48. The number of hydrogen-bond acceptors (Lipinski definition) is 3. The molecule has 0 aliphatic carbocycles. The molecule has 0 bridgehead atoms. The van der Waals surface area contributed by atoms with Crippen molar-refractivity contribution < 1.29 is 15.3 Å². The van der Waals surface area contributed by atoms with Gasteiger partial charge in [0.1, 0.15) is 0 Å². The largest absolute Gasteiger partial charge is 0.396 e. The molecule has 3 N–H and O–H groups in total. The molecule has 0 radical (unpaired) electrons. The molecule has 0 heterocycles. The van der Waals surface area contributed by atoms with Gasteiger partial charge < -0.3 is 15.3 Å². The van der Waals surface area contributed by atoms with Crippen LogP contribution in [0.2, 0.25) is 0 Å². The summed E-state index contributed by atoms with van der Waals surface area (Å²) in [5, 5.41) is 28.7. The second-order valence-corrected chi connectivity index (χ2v) is 7.20. The third-order valence-electron chi connectivity index (χ3n) is 4.64. The number of hydrogen-bond donors (Lipinski definition) is 3. The van der Waals surface area contributed by atoms with Crippen LogP contribution >= 0.6 is 0 Å². The zero-order chi connectivity index (χ0) is 16.2. The van der Waals surface area contributed by atoms with Gasteiger partial charge in [0.05, 0.1) is 11.2 Å². The van der Waals surface area contributed by atoms with E-state index in [9.17, 15) is 10.2 Å². The topological polar surface area (TPSA) is 60.7 Å². The molecule has 0 amide bonds. The van der Waals surface area contributed by atoms with Crippen LogP contribution in [0.25, 0.3) is 0 Å². The molecule has 0 saturated carbocycles. The van der Waals surface area contributed by atoms with Gasteiger partial charge in [-0.1, -0.05) is 64.2 Å². The minimum absolute atomic E-state index is 0.334. The van der Waals surface area contributed by atoms with E-state index in [0.29, 0.717) is 13.0 Å². The Morgan fingerprint density at radius 1 is 0.571 bits per heavy atom. The van der Waals surface area contributed by atoms with Crippen molar-refractivity contribution in [3.05, 3.63) is 0 Å². The fourth-order valence-electron chi connectivity index (χ4n) is 2.48. The lowest BCUT2D eigenvalue weighted by molar-refractivity contribution is -0.124.